The maximum atomic E-state index is 5.56. The van der Waals surface area contributed by atoms with Gasteiger partial charge >= 0.3 is 0 Å². The summed E-state index contributed by atoms with van der Waals surface area (Å²) in [6.45, 7) is 4.58. The number of hydrogen-bond acceptors (Lipinski definition) is 1. The molecule has 0 aromatic heterocycles. The van der Waals surface area contributed by atoms with Crippen LogP contribution < -0.4 is 0 Å². The average molecular weight is 164 g/mol. The third-order valence-corrected chi connectivity index (χ3v) is 3.41. The van der Waals surface area contributed by atoms with Gasteiger partial charge in [-0.2, -0.15) is 0 Å². The molecule has 1 aliphatic carbocycles. The lowest BCUT2D eigenvalue weighted by molar-refractivity contribution is 0.291. The van der Waals surface area contributed by atoms with E-state index in [0.717, 1.165) is 18.3 Å². The molecule has 66 valence electrons. The average Bonchev–Trinajstić information content (AvgIpc) is 2.77. The Morgan fingerprint density at radius 2 is 2.33 bits per heavy atom. The maximum absolute atomic E-state index is 5.56. The molecule has 2 fully saturated rings. The van der Waals surface area contributed by atoms with Gasteiger partial charge < -0.3 is 4.74 Å². The third-order valence-electron chi connectivity index (χ3n) is 3.41. The highest BCUT2D eigenvalue weighted by Crippen LogP contribution is 2.50. The van der Waals surface area contributed by atoms with Crippen molar-refractivity contribution in [2.24, 2.45) is 11.8 Å². The van der Waals surface area contributed by atoms with Crippen LogP contribution >= 0.6 is 0 Å². The largest absolute Gasteiger partial charge is 0.352 e. The van der Waals surface area contributed by atoms with Crippen LogP contribution in [0.4, 0.5) is 0 Å². The molecular weight excluding hydrogens is 148 g/mol. The van der Waals surface area contributed by atoms with Crippen LogP contribution in [0.5, 0.6) is 0 Å². The first-order chi connectivity index (χ1) is 5.68. The molecule has 2 rings (SSSR count). The van der Waals surface area contributed by atoms with Crippen LogP contribution in [0.15, 0.2) is 0 Å². The molecular formula is C11H16O. The summed E-state index contributed by atoms with van der Waals surface area (Å²) in [4.78, 5) is 0. The molecule has 1 heteroatoms. The molecule has 1 aliphatic heterocycles. The Kier molecular flexibility index (Phi) is 1.70. The summed E-state index contributed by atoms with van der Waals surface area (Å²) in [7, 11) is 0. The van der Waals surface area contributed by atoms with Crippen molar-refractivity contribution in [3.05, 3.63) is 0 Å². The van der Waals surface area contributed by atoms with Crippen molar-refractivity contribution < 1.29 is 4.74 Å². The second-order valence-corrected chi connectivity index (χ2v) is 4.42. The van der Waals surface area contributed by atoms with E-state index in [-0.39, 0.29) is 5.60 Å². The molecule has 2 aliphatic rings. The first kappa shape index (κ1) is 8.13. The Balaban J connectivity index is 1.98. The molecule has 0 aromatic rings. The fourth-order valence-electron chi connectivity index (χ4n) is 2.28. The topological polar surface area (TPSA) is 12.5 Å². The molecule has 1 saturated carbocycles. The van der Waals surface area contributed by atoms with Crippen LogP contribution in [0.1, 0.15) is 33.1 Å². The first-order valence-electron chi connectivity index (χ1n) is 4.83. The van der Waals surface area contributed by atoms with E-state index in [4.69, 9.17) is 11.2 Å². The highest BCUT2D eigenvalue weighted by Gasteiger charge is 2.58. The van der Waals surface area contributed by atoms with E-state index in [9.17, 15) is 0 Å². The minimum Gasteiger partial charge on any atom is -0.352 e. The van der Waals surface area contributed by atoms with E-state index >= 15 is 0 Å². The van der Waals surface area contributed by atoms with Crippen molar-refractivity contribution in [2.75, 3.05) is 0 Å². The van der Waals surface area contributed by atoms with Crippen LogP contribution in [0.25, 0.3) is 0 Å². The van der Waals surface area contributed by atoms with Gasteiger partial charge in [-0.05, 0) is 31.1 Å². The van der Waals surface area contributed by atoms with Crippen LogP contribution in [-0.4, -0.2) is 11.7 Å². The van der Waals surface area contributed by atoms with Gasteiger partial charge in [0, 0.05) is 0 Å². The molecule has 3 atom stereocenters. The lowest BCUT2D eigenvalue weighted by Crippen LogP contribution is -2.25. The number of terminal acetylenes is 1. The molecule has 1 nitrogen and oxygen atoms in total. The quantitative estimate of drug-likeness (QED) is 0.427. The van der Waals surface area contributed by atoms with Gasteiger partial charge in [0.1, 0.15) is 6.10 Å². The van der Waals surface area contributed by atoms with Crippen molar-refractivity contribution in [1.29, 1.82) is 0 Å². The Morgan fingerprint density at radius 1 is 1.58 bits per heavy atom. The summed E-state index contributed by atoms with van der Waals surface area (Å²) < 4.78 is 5.56. The number of epoxide rings is 1. The summed E-state index contributed by atoms with van der Waals surface area (Å²) in [5.41, 5.74) is -0.120. The fraction of sp³-hybridized carbons (Fsp3) is 0.818. The maximum Gasteiger partial charge on any atom is 0.154 e. The predicted octanol–water partition coefficient (Wildman–Crippen LogP) is 2.21. The summed E-state index contributed by atoms with van der Waals surface area (Å²) in [5.74, 6) is 4.41. The summed E-state index contributed by atoms with van der Waals surface area (Å²) in [6, 6.07) is 0. The van der Waals surface area contributed by atoms with Gasteiger partial charge in [0.25, 0.3) is 0 Å². The highest BCUT2D eigenvalue weighted by atomic mass is 16.6. The van der Waals surface area contributed by atoms with Crippen LogP contribution in [0.3, 0.4) is 0 Å². The standard InChI is InChI=1S/C11H16O/c1-4-11-6-5-9(8(2)3)7-10(11)12-11/h1,8-10H,5-7H2,2-3H3/t9-,10+,11-/m1/s1. The molecule has 1 heterocycles. The predicted molar refractivity (Wildman–Crippen MR) is 48.6 cm³/mol. The normalized spacial score (nSPS) is 45.2. The third kappa shape index (κ3) is 1.06. The van der Waals surface area contributed by atoms with Crippen molar-refractivity contribution in [3.8, 4) is 12.3 Å². The summed E-state index contributed by atoms with van der Waals surface area (Å²) in [5, 5.41) is 0. The number of hydrogen-bond donors (Lipinski definition) is 0. The minimum absolute atomic E-state index is 0.120. The molecule has 0 aromatic carbocycles. The van der Waals surface area contributed by atoms with Crippen molar-refractivity contribution in [1.82, 2.24) is 0 Å². The lowest BCUT2D eigenvalue weighted by atomic mass is 9.77. The highest BCUT2D eigenvalue weighted by molar-refractivity contribution is 5.24. The molecule has 1 saturated heterocycles. The Bertz CT molecular complexity index is 226. The van der Waals surface area contributed by atoms with E-state index in [1.54, 1.807) is 0 Å². The fourth-order valence-corrected chi connectivity index (χ4v) is 2.28. The van der Waals surface area contributed by atoms with Gasteiger partial charge in [0.15, 0.2) is 5.60 Å². The van der Waals surface area contributed by atoms with E-state index in [2.05, 4.69) is 19.8 Å². The minimum atomic E-state index is -0.120. The number of ether oxygens (including phenoxy) is 1. The number of rotatable bonds is 1. The SMILES string of the molecule is C#C[C@@]12CC[C@@H](C(C)C)C[C@@H]1O2. The monoisotopic (exact) mass is 164 g/mol. The second-order valence-electron chi connectivity index (χ2n) is 4.42. The van der Waals surface area contributed by atoms with Crippen LogP contribution in [0.2, 0.25) is 0 Å². The molecule has 0 amide bonds. The molecule has 0 spiro atoms. The van der Waals surface area contributed by atoms with Crippen molar-refractivity contribution in [3.63, 3.8) is 0 Å². The van der Waals surface area contributed by atoms with Crippen molar-refractivity contribution in [2.45, 2.75) is 44.8 Å². The second kappa shape index (κ2) is 2.50. The molecule has 0 N–H and O–H groups in total. The van der Waals surface area contributed by atoms with Gasteiger partial charge in [-0.3, -0.25) is 0 Å². The zero-order valence-corrected chi connectivity index (χ0v) is 7.84. The molecule has 12 heavy (non-hydrogen) atoms. The Hall–Kier alpha value is -0.480. The number of fused-ring (bicyclic) bond motifs is 1. The molecule has 0 radical (unpaired) electrons. The van der Waals surface area contributed by atoms with Gasteiger partial charge in [0.2, 0.25) is 0 Å². The van der Waals surface area contributed by atoms with Gasteiger partial charge in [-0.25, -0.2) is 0 Å². The zero-order valence-electron chi connectivity index (χ0n) is 7.84. The Labute approximate surface area is 74.5 Å². The molecule has 0 unspecified atom stereocenters. The van der Waals surface area contributed by atoms with E-state index in [1.165, 1.54) is 12.8 Å². The lowest BCUT2D eigenvalue weighted by Gasteiger charge is -2.24. The van der Waals surface area contributed by atoms with E-state index in [1.807, 2.05) is 0 Å². The van der Waals surface area contributed by atoms with Crippen LogP contribution in [0, 0.1) is 24.2 Å². The Morgan fingerprint density at radius 3 is 2.83 bits per heavy atom. The smallest absolute Gasteiger partial charge is 0.154 e. The van der Waals surface area contributed by atoms with Crippen LogP contribution in [-0.2, 0) is 4.74 Å². The van der Waals surface area contributed by atoms with Crippen molar-refractivity contribution >= 4 is 0 Å². The molecule has 0 bridgehead atoms. The van der Waals surface area contributed by atoms with E-state index < -0.39 is 0 Å². The zero-order chi connectivity index (χ0) is 8.77. The summed E-state index contributed by atoms with van der Waals surface area (Å²) >= 11 is 0. The summed E-state index contributed by atoms with van der Waals surface area (Å²) in [6.07, 6.45) is 9.33. The first-order valence-corrected chi connectivity index (χ1v) is 4.83. The van der Waals surface area contributed by atoms with Gasteiger partial charge in [-0.1, -0.05) is 19.8 Å². The van der Waals surface area contributed by atoms with E-state index in [0.29, 0.717) is 6.10 Å². The van der Waals surface area contributed by atoms with Gasteiger partial charge in [0.05, 0.1) is 0 Å². The van der Waals surface area contributed by atoms with Gasteiger partial charge in [-0.15, -0.1) is 6.42 Å².